The van der Waals surface area contributed by atoms with Gasteiger partial charge < -0.3 is 14.2 Å². The lowest BCUT2D eigenvalue weighted by molar-refractivity contribution is -0.185. The first-order chi connectivity index (χ1) is 13.8. The Morgan fingerprint density at radius 2 is 1.76 bits per heavy atom. The van der Waals surface area contributed by atoms with Crippen LogP contribution in [0.3, 0.4) is 0 Å². The third-order valence-electron chi connectivity index (χ3n) is 5.34. The molecular weight excluding hydrogens is 385 g/mol. The number of halogens is 3. The Morgan fingerprint density at radius 1 is 1.10 bits per heavy atom. The van der Waals surface area contributed by atoms with Crippen molar-refractivity contribution in [3.8, 4) is 11.1 Å². The van der Waals surface area contributed by atoms with Crippen molar-refractivity contribution in [2.24, 2.45) is 5.92 Å². The number of aromatic nitrogens is 1. The van der Waals surface area contributed by atoms with E-state index in [1.54, 1.807) is 47.2 Å². The summed E-state index contributed by atoms with van der Waals surface area (Å²) >= 11 is 0. The molecule has 156 valence electrons. The third-order valence-corrected chi connectivity index (χ3v) is 5.34. The molecule has 1 aliphatic rings. The number of hydrogen-bond acceptors (Lipinski definition) is 4. The number of carbonyl (C=O) groups excluding carboxylic acids is 1. The third kappa shape index (κ3) is 5.06. The molecule has 8 heteroatoms. The Kier molecular flexibility index (Phi) is 6.42. The van der Waals surface area contributed by atoms with Crippen LogP contribution in [0.2, 0.25) is 0 Å². The van der Waals surface area contributed by atoms with Crippen LogP contribution in [-0.2, 0) is 11.3 Å². The van der Waals surface area contributed by atoms with Crippen LogP contribution in [0.5, 0.6) is 0 Å². The van der Waals surface area contributed by atoms with E-state index in [9.17, 15) is 22.8 Å². The summed E-state index contributed by atoms with van der Waals surface area (Å²) in [6, 6.07) is 10.1. The number of nitrogens with zero attached hydrogens (tertiary/aromatic N) is 2. The van der Waals surface area contributed by atoms with Crippen LogP contribution in [-0.4, -0.2) is 48.4 Å². The standard InChI is InChI=1S/C21H23F3N2O3/c1-29-20(28)16-6-4-15(5-7-16)18-3-2-10-26(19(18)27)14-13-25-11-8-17(9-12-25)21(22,23)24/h2-7,10,17H,8-9,11-14H2,1H3. The summed E-state index contributed by atoms with van der Waals surface area (Å²) in [6.45, 7) is 1.69. The Hall–Kier alpha value is -2.61. The first-order valence-corrected chi connectivity index (χ1v) is 9.47. The van der Waals surface area contributed by atoms with E-state index in [-0.39, 0.29) is 18.4 Å². The van der Waals surface area contributed by atoms with Gasteiger partial charge in [0.1, 0.15) is 0 Å². The van der Waals surface area contributed by atoms with Crippen molar-refractivity contribution < 1.29 is 22.7 Å². The summed E-state index contributed by atoms with van der Waals surface area (Å²) < 4.78 is 44.6. The van der Waals surface area contributed by atoms with Gasteiger partial charge in [0.15, 0.2) is 0 Å². The van der Waals surface area contributed by atoms with Crippen molar-refractivity contribution in [2.45, 2.75) is 25.6 Å². The fourth-order valence-corrected chi connectivity index (χ4v) is 3.57. The number of esters is 1. The molecular formula is C21H23F3N2O3. The summed E-state index contributed by atoms with van der Waals surface area (Å²) in [5.41, 5.74) is 1.40. The van der Waals surface area contributed by atoms with Crippen molar-refractivity contribution in [3.63, 3.8) is 0 Å². The number of carbonyl (C=O) groups is 1. The molecule has 1 aromatic heterocycles. The Bertz CT molecular complexity index is 899. The molecule has 0 radical (unpaired) electrons. The largest absolute Gasteiger partial charge is 0.465 e. The minimum Gasteiger partial charge on any atom is -0.465 e. The average molecular weight is 408 g/mol. The summed E-state index contributed by atoms with van der Waals surface area (Å²) in [7, 11) is 1.30. The number of methoxy groups -OCH3 is 1. The molecule has 0 N–H and O–H groups in total. The van der Waals surface area contributed by atoms with Crippen LogP contribution < -0.4 is 5.56 Å². The molecule has 2 aromatic rings. The molecule has 1 aromatic carbocycles. The Balaban J connectivity index is 1.65. The maximum absolute atomic E-state index is 12.8. The van der Waals surface area contributed by atoms with E-state index in [1.165, 1.54) is 7.11 Å². The van der Waals surface area contributed by atoms with Gasteiger partial charge in [-0.3, -0.25) is 4.79 Å². The molecule has 0 saturated carbocycles. The molecule has 1 aliphatic heterocycles. The van der Waals surface area contributed by atoms with Crippen LogP contribution in [0.1, 0.15) is 23.2 Å². The lowest BCUT2D eigenvalue weighted by Crippen LogP contribution is -2.41. The zero-order chi connectivity index (χ0) is 21.0. The summed E-state index contributed by atoms with van der Waals surface area (Å²) in [4.78, 5) is 26.3. The molecule has 1 saturated heterocycles. The van der Waals surface area contributed by atoms with Crippen molar-refractivity contribution in [2.75, 3.05) is 26.7 Å². The second kappa shape index (κ2) is 8.82. The van der Waals surface area contributed by atoms with E-state index in [0.29, 0.717) is 42.9 Å². The first-order valence-electron chi connectivity index (χ1n) is 9.47. The van der Waals surface area contributed by atoms with Crippen molar-refractivity contribution in [1.29, 1.82) is 0 Å². The summed E-state index contributed by atoms with van der Waals surface area (Å²) in [5, 5.41) is 0. The molecule has 29 heavy (non-hydrogen) atoms. The second-order valence-corrected chi connectivity index (χ2v) is 7.15. The van der Waals surface area contributed by atoms with E-state index < -0.39 is 18.1 Å². The molecule has 0 amide bonds. The van der Waals surface area contributed by atoms with E-state index in [2.05, 4.69) is 4.74 Å². The van der Waals surface area contributed by atoms with E-state index in [1.807, 2.05) is 4.90 Å². The fourth-order valence-electron chi connectivity index (χ4n) is 3.57. The molecule has 0 aliphatic carbocycles. The first kappa shape index (κ1) is 21.1. The topological polar surface area (TPSA) is 51.5 Å². The number of pyridine rings is 1. The van der Waals surface area contributed by atoms with Gasteiger partial charge in [0.25, 0.3) is 5.56 Å². The SMILES string of the molecule is COC(=O)c1ccc(-c2cccn(CCN3CCC(C(F)(F)F)CC3)c2=O)cc1. The normalized spacial score (nSPS) is 16.0. The van der Waals surface area contributed by atoms with Gasteiger partial charge in [-0.1, -0.05) is 12.1 Å². The lowest BCUT2D eigenvalue weighted by atomic mass is 9.96. The highest BCUT2D eigenvalue weighted by atomic mass is 19.4. The highest BCUT2D eigenvalue weighted by molar-refractivity contribution is 5.89. The number of rotatable bonds is 5. The molecule has 0 atom stereocenters. The van der Waals surface area contributed by atoms with Crippen LogP contribution >= 0.6 is 0 Å². The molecule has 0 unspecified atom stereocenters. The minimum atomic E-state index is -4.12. The number of likely N-dealkylation sites (tertiary alicyclic amines) is 1. The average Bonchev–Trinajstić information content (AvgIpc) is 2.72. The van der Waals surface area contributed by atoms with Crippen molar-refractivity contribution in [1.82, 2.24) is 9.47 Å². The minimum absolute atomic E-state index is 0.102. The van der Waals surface area contributed by atoms with E-state index in [4.69, 9.17) is 0 Å². The maximum Gasteiger partial charge on any atom is 0.391 e. The van der Waals surface area contributed by atoms with Gasteiger partial charge in [0.2, 0.25) is 0 Å². The van der Waals surface area contributed by atoms with E-state index in [0.717, 1.165) is 0 Å². The summed E-state index contributed by atoms with van der Waals surface area (Å²) in [6.07, 6.45) is -2.24. The zero-order valence-electron chi connectivity index (χ0n) is 16.1. The van der Waals surface area contributed by atoms with Gasteiger partial charge >= 0.3 is 12.1 Å². The van der Waals surface area contributed by atoms with Crippen LogP contribution in [0.4, 0.5) is 13.2 Å². The van der Waals surface area contributed by atoms with E-state index >= 15 is 0 Å². The monoisotopic (exact) mass is 408 g/mol. The predicted molar refractivity (Wildman–Crippen MR) is 103 cm³/mol. The number of piperidine rings is 1. The second-order valence-electron chi connectivity index (χ2n) is 7.15. The number of ether oxygens (including phenoxy) is 1. The van der Waals surface area contributed by atoms with Crippen LogP contribution in [0.15, 0.2) is 47.4 Å². The van der Waals surface area contributed by atoms with Crippen molar-refractivity contribution >= 4 is 5.97 Å². The predicted octanol–water partition coefficient (Wildman–Crippen LogP) is 3.58. The van der Waals surface area contributed by atoms with Gasteiger partial charge in [-0.25, -0.2) is 4.79 Å². The molecule has 1 fully saturated rings. The zero-order valence-corrected chi connectivity index (χ0v) is 16.1. The van der Waals surface area contributed by atoms with Gasteiger partial charge in [0.05, 0.1) is 18.6 Å². The quantitative estimate of drug-likeness (QED) is 0.710. The van der Waals surface area contributed by atoms with Gasteiger partial charge in [-0.2, -0.15) is 13.2 Å². The molecule has 5 nitrogen and oxygen atoms in total. The highest BCUT2D eigenvalue weighted by Crippen LogP contribution is 2.33. The van der Waals surface area contributed by atoms with Gasteiger partial charge in [-0.05, 0) is 55.8 Å². The number of alkyl halides is 3. The smallest absolute Gasteiger partial charge is 0.391 e. The van der Waals surface area contributed by atoms with Crippen LogP contribution in [0.25, 0.3) is 11.1 Å². The fraction of sp³-hybridized carbons (Fsp3) is 0.429. The van der Waals surface area contributed by atoms with Crippen molar-refractivity contribution in [3.05, 3.63) is 58.5 Å². The Labute approximate surface area is 166 Å². The molecule has 3 rings (SSSR count). The van der Waals surface area contributed by atoms with Crippen LogP contribution in [0, 0.1) is 5.92 Å². The number of hydrogen-bond donors (Lipinski definition) is 0. The molecule has 0 bridgehead atoms. The number of benzene rings is 1. The lowest BCUT2D eigenvalue weighted by Gasteiger charge is -2.32. The van der Waals surface area contributed by atoms with Gasteiger partial charge in [-0.15, -0.1) is 0 Å². The molecule has 0 spiro atoms. The molecule has 2 heterocycles. The maximum atomic E-state index is 12.8. The summed E-state index contributed by atoms with van der Waals surface area (Å²) in [5.74, 6) is -1.67. The highest BCUT2D eigenvalue weighted by Gasteiger charge is 2.40. The van der Waals surface area contributed by atoms with Gasteiger partial charge in [0, 0.05) is 24.8 Å². The Morgan fingerprint density at radius 3 is 2.34 bits per heavy atom.